The predicted molar refractivity (Wildman–Crippen MR) is 110 cm³/mol. The highest BCUT2D eigenvalue weighted by Crippen LogP contribution is 2.22. The molecule has 3 aromatic rings. The molecule has 0 radical (unpaired) electrons. The maximum atomic E-state index is 13.8. The number of ketones is 1. The second kappa shape index (κ2) is 9.20. The summed E-state index contributed by atoms with van der Waals surface area (Å²) >= 11 is 5.98. The molecule has 0 saturated heterocycles. The average Bonchev–Trinajstić information content (AvgIpc) is 2.69. The Bertz CT molecular complexity index is 962. The minimum Gasteiger partial charge on any atom is -0.489 e. The lowest BCUT2D eigenvalue weighted by atomic mass is 10.1. The van der Waals surface area contributed by atoms with E-state index in [4.69, 9.17) is 16.3 Å². The van der Waals surface area contributed by atoms with Crippen LogP contribution in [0.5, 0.6) is 5.75 Å². The third kappa shape index (κ3) is 5.21. The molecule has 3 rings (SSSR count). The number of halogens is 2. The Morgan fingerprint density at radius 2 is 1.79 bits per heavy atom. The van der Waals surface area contributed by atoms with Gasteiger partial charge in [-0.3, -0.25) is 4.79 Å². The van der Waals surface area contributed by atoms with Crippen molar-refractivity contribution in [2.45, 2.75) is 13.5 Å². The van der Waals surface area contributed by atoms with E-state index in [9.17, 15) is 9.18 Å². The Balaban J connectivity index is 1.56. The smallest absolute Gasteiger partial charge is 0.187 e. The van der Waals surface area contributed by atoms with Crippen LogP contribution in [-0.4, -0.2) is 5.78 Å². The highest BCUT2D eigenvalue weighted by molar-refractivity contribution is 6.31. The fourth-order valence-electron chi connectivity index (χ4n) is 2.50. The lowest BCUT2D eigenvalue weighted by molar-refractivity contribution is 0.104. The van der Waals surface area contributed by atoms with Crippen molar-refractivity contribution < 1.29 is 13.9 Å². The van der Waals surface area contributed by atoms with Crippen molar-refractivity contribution in [2.24, 2.45) is 0 Å². The van der Waals surface area contributed by atoms with Gasteiger partial charge in [0.1, 0.15) is 18.2 Å². The van der Waals surface area contributed by atoms with Gasteiger partial charge in [-0.1, -0.05) is 35.4 Å². The molecular weight excluding hydrogens is 377 g/mol. The summed E-state index contributed by atoms with van der Waals surface area (Å²) in [6.07, 6.45) is 3.08. The Morgan fingerprint density at radius 3 is 2.46 bits per heavy atom. The van der Waals surface area contributed by atoms with Gasteiger partial charge in [-0.05, 0) is 55.5 Å². The van der Waals surface area contributed by atoms with E-state index in [-0.39, 0.29) is 12.4 Å². The van der Waals surface area contributed by atoms with Crippen molar-refractivity contribution in [3.05, 3.63) is 107 Å². The summed E-state index contributed by atoms with van der Waals surface area (Å²) < 4.78 is 19.3. The molecule has 0 atom stereocenters. The van der Waals surface area contributed by atoms with Crippen LogP contribution in [0.15, 0.2) is 79.0 Å². The van der Waals surface area contributed by atoms with Crippen molar-refractivity contribution in [3.8, 4) is 5.75 Å². The molecule has 3 aromatic carbocycles. The summed E-state index contributed by atoms with van der Waals surface area (Å²) in [5, 5.41) is 3.38. The minimum atomic E-state index is -0.412. The molecule has 0 aliphatic rings. The molecule has 3 nitrogen and oxygen atoms in total. The first kappa shape index (κ1) is 19.6. The first-order valence-electron chi connectivity index (χ1n) is 8.73. The summed E-state index contributed by atoms with van der Waals surface area (Å²) in [7, 11) is 0. The second-order valence-electron chi connectivity index (χ2n) is 6.22. The fraction of sp³-hybridized carbons (Fsp3) is 0.0870. The third-order valence-electron chi connectivity index (χ3n) is 4.12. The standard InChI is InChI=1S/C23H19ClFNO2/c1-16-5-9-18(10-6-16)26-14-13-23(27)17-7-11-19(12-8-17)28-15-20-21(24)3-2-4-22(20)25/h2-14,26H,15H2,1H3/b14-13+. The lowest BCUT2D eigenvalue weighted by Gasteiger charge is -2.09. The van der Waals surface area contributed by atoms with Crippen LogP contribution in [0.25, 0.3) is 0 Å². The molecule has 28 heavy (non-hydrogen) atoms. The van der Waals surface area contributed by atoms with Crippen LogP contribution in [0, 0.1) is 12.7 Å². The number of hydrogen-bond acceptors (Lipinski definition) is 3. The van der Waals surface area contributed by atoms with Gasteiger partial charge in [0, 0.05) is 29.1 Å². The van der Waals surface area contributed by atoms with Crippen LogP contribution in [0.3, 0.4) is 0 Å². The van der Waals surface area contributed by atoms with E-state index < -0.39 is 5.82 Å². The van der Waals surface area contributed by atoms with Gasteiger partial charge < -0.3 is 10.1 Å². The number of nitrogens with one attached hydrogen (secondary N) is 1. The molecule has 0 fully saturated rings. The molecule has 0 aliphatic carbocycles. The molecule has 0 aliphatic heterocycles. The van der Waals surface area contributed by atoms with Crippen LogP contribution >= 0.6 is 11.6 Å². The second-order valence-corrected chi connectivity index (χ2v) is 6.63. The third-order valence-corrected chi connectivity index (χ3v) is 4.47. The summed E-state index contributed by atoms with van der Waals surface area (Å²) in [5.74, 6) is -0.0218. The number of carbonyl (C=O) groups is 1. The first-order valence-corrected chi connectivity index (χ1v) is 9.10. The largest absolute Gasteiger partial charge is 0.489 e. The predicted octanol–water partition coefficient (Wildman–Crippen LogP) is 6.18. The van der Waals surface area contributed by atoms with Gasteiger partial charge >= 0.3 is 0 Å². The lowest BCUT2D eigenvalue weighted by Crippen LogP contribution is -2.00. The number of hydrogen-bond donors (Lipinski definition) is 1. The van der Waals surface area contributed by atoms with Crippen molar-refractivity contribution >= 4 is 23.1 Å². The maximum absolute atomic E-state index is 13.8. The Labute approximate surface area is 168 Å². The van der Waals surface area contributed by atoms with Crippen LogP contribution in [0.4, 0.5) is 10.1 Å². The average molecular weight is 396 g/mol. The van der Waals surface area contributed by atoms with Gasteiger partial charge in [0.25, 0.3) is 0 Å². The van der Waals surface area contributed by atoms with E-state index in [2.05, 4.69) is 5.32 Å². The molecule has 0 bridgehead atoms. The van der Waals surface area contributed by atoms with E-state index in [0.717, 1.165) is 5.69 Å². The molecule has 1 N–H and O–H groups in total. The zero-order valence-electron chi connectivity index (χ0n) is 15.3. The molecule has 0 unspecified atom stereocenters. The van der Waals surface area contributed by atoms with Gasteiger partial charge in [-0.2, -0.15) is 0 Å². The fourth-order valence-corrected chi connectivity index (χ4v) is 2.72. The van der Waals surface area contributed by atoms with Gasteiger partial charge in [0.05, 0.1) is 5.02 Å². The molecule has 142 valence electrons. The maximum Gasteiger partial charge on any atom is 0.187 e. The van der Waals surface area contributed by atoms with Crippen LogP contribution in [-0.2, 0) is 6.61 Å². The number of allylic oxidation sites excluding steroid dienone is 1. The quantitative estimate of drug-likeness (QED) is 0.383. The topological polar surface area (TPSA) is 38.3 Å². The zero-order chi connectivity index (χ0) is 19.9. The number of benzene rings is 3. The molecule has 0 aromatic heterocycles. The molecular formula is C23H19ClFNO2. The monoisotopic (exact) mass is 395 g/mol. The Kier molecular flexibility index (Phi) is 6.45. The molecule has 0 heterocycles. The van der Waals surface area contributed by atoms with E-state index >= 15 is 0 Å². The number of rotatable bonds is 7. The minimum absolute atomic E-state index is 0.0131. The van der Waals surface area contributed by atoms with Gasteiger partial charge in [0.15, 0.2) is 5.78 Å². The molecule has 0 amide bonds. The SMILES string of the molecule is Cc1ccc(N/C=C/C(=O)c2ccc(OCc3c(F)cccc3Cl)cc2)cc1. The van der Waals surface area contributed by atoms with Crippen molar-refractivity contribution in [3.63, 3.8) is 0 Å². The molecule has 5 heteroatoms. The van der Waals surface area contributed by atoms with Gasteiger partial charge in [0.2, 0.25) is 0 Å². The first-order chi connectivity index (χ1) is 13.5. The number of anilines is 1. The van der Waals surface area contributed by atoms with E-state index in [1.165, 1.54) is 17.7 Å². The summed E-state index contributed by atoms with van der Waals surface area (Å²) in [6.45, 7) is 2.03. The van der Waals surface area contributed by atoms with Crippen molar-refractivity contribution in [1.29, 1.82) is 0 Å². The van der Waals surface area contributed by atoms with Gasteiger partial charge in [-0.25, -0.2) is 4.39 Å². The summed E-state index contributed by atoms with van der Waals surface area (Å²) in [5.41, 5.74) is 2.91. The highest BCUT2D eigenvalue weighted by atomic mass is 35.5. The summed E-state index contributed by atoms with van der Waals surface area (Å²) in [6, 6.07) is 19.0. The highest BCUT2D eigenvalue weighted by Gasteiger charge is 2.08. The van der Waals surface area contributed by atoms with Crippen LogP contribution in [0.1, 0.15) is 21.5 Å². The Morgan fingerprint density at radius 1 is 1.07 bits per heavy atom. The number of aryl methyl sites for hydroxylation is 1. The van der Waals surface area contributed by atoms with E-state index in [1.807, 2.05) is 31.2 Å². The molecule has 0 spiro atoms. The van der Waals surface area contributed by atoms with Crippen LogP contribution < -0.4 is 10.1 Å². The number of ether oxygens (including phenoxy) is 1. The Hall–Kier alpha value is -3.11. The van der Waals surface area contributed by atoms with Crippen molar-refractivity contribution in [1.82, 2.24) is 0 Å². The number of carbonyl (C=O) groups excluding carboxylic acids is 1. The molecule has 0 saturated carbocycles. The summed E-state index contributed by atoms with van der Waals surface area (Å²) in [4.78, 5) is 12.2. The van der Waals surface area contributed by atoms with Crippen LogP contribution in [0.2, 0.25) is 5.02 Å². The van der Waals surface area contributed by atoms with Gasteiger partial charge in [-0.15, -0.1) is 0 Å². The zero-order valence-corrected chi connectivity index (χ0v) is 16.0. The van der Waals surface area contributed by atoms with E-state index in [1.54, 1.807) is 42.6 Å². The van der Waals surface area contributed by atoms with E-state index in [0.29, 0.717) is 21.9 Å². The van der Waals surface area contributed by atoms with Crippen molar-refractivity contribution in [2.75, 3.05) is 5.32 Å². The normalized spacial score (nSPS) is 10.8.